The molecule has 0 unspecified atom stereocenters. The number of hydrogen-bond acceptors (Lipinski definition) is 5. The first-order valence-corrected chi connectivity index (χ1v) is 9.41. The Balaban J connectivity index is 2.03. The summed E-state index contributed by atoms with van der Waals surface area (Å²) in [6, 6.07) is 10.9. The van der Waals surface area contributed by atoms with Crippen molar-refractivity contribution in [2.75, 3.05) is 5.88 Å². The van der Waals surface area contributed by atoms with Gasteiger partial charge in [0.2, 0.25) is 5.43 Å². The molecule has 0 aliphatic rings. The number of ketones is 1. The summed E-state index contributed by atoms with van der Waals surface area (Å²) in [6.45, 7) is 1.94. The van der Waals surface area contributed by atoms with Crippen molar-refractivity contribution < 1.29 is 9.21 Å². The third-order valence-electron chi connectivity index (χ3n) is 3.83. The number of carbonyl (C=O) groups excluding carboxylic acids is 1. The first kappa shape index (κ1) is 15.6. The molecule has 0 radical (unpaired) electrons. The van der Waals surface area contributed by atoms with Crippen molar-refractivity contribution in [3.8, 4) is 9.75 Å². The Morgan fingerprint density at radius 2 is 1.96 bits per heavy atom. The first-order chi connectivity index (χ1) is 11.6. The number of benzene rings is 1. The number of para-hydroxylation sites is 1. The lowest BCUT2D eigenvalue weighted by Gasteiger charge is -1.99. The molecule has 0 spiro atoms. The SMILES string of the molecule is Cc1sc(-c2ccc(C(=O)CCl)s2)c2c(=O)c3ccccc3oc12. The number of alkyl halides is 1. The molecule has 3 nitrogen and oxygen atoms in total. The van der Waals surface area contributed by atoms with E-state index in [0.29, 0.717) is 26.8 Å². The van der Waals surface area contributed by atoms with Gasteiger partial charge in [0.15, 0.2) is 11.4 Å². The number of rotatable bonds is 3. The van der Waals surface area contributed by atoms with E-state index in [1.165, 1.54) is 22.7 Å². The molecule has 0 saturated heterocycles. The van der Waals surface area contributed by atoms with E-state index in [1.54, 1.807) is 18.2 Å². The predicted molar refractivity (Wildman–Crippen MR) is 101 cm³/mol. The fraction of sp³-hybridized carbons (Fsp3) is 0.111. The number of aryl methyl sites for hydroxylation is 1. The van der Waals surface area contributed by atoms with E-state index < -0.39 is 0 Å². The second kappa shape index (κ2) is 5.84. The average Bonchev–Trinajstić information content (AvgIpc) is 3.20. The predicted octanol–water partition coefficient (Wildman–Crippen LogP) is 5.47. The lowest BCUT2D eigenvalue weighted by atomic mass is 10.1. The topological polar surface area (TPSA) is 47.3 Å². The van der Waals surface area contributed by atoms with E-state index in [0.717, 1.165) is 14.6 Å². The molecule has 0 aliphatic heterocycles. The molecule has 4 aromatic rings. The van der Waals surface area contributed by atoms with Crippen molar-refractivity contribution in [2.24, 2.45) is 0 Å². The zero-order valence-corrected chi connectivity index (χ0v) is 15.0. The highest BCUT2D eigenvalue weighted by Gasteiger charge is 2.20. The molecule has 0 aliphatic carbocycles. The lowest BCUT2D eigenvalue weighted by Crippen LogP contribution is -2.01. The fourth-order valence-electron chi connectivity index (χ4n) is 2.70. The molecule has 0 N–H and O–H groups in total. The smallest absolute Gasteiger partial charge is 0.202 e. The van der Waals surface area contributed by atoms with Gasteiger partial charge in [0.1, 0.15) is 5.58 Å². The van der Waals surface area contributed by atoms with Gasteiger partial charge in [-0.15, -0.1) is 34.3 Å². The van der Waals surface area contributed by atoms with Gasteiger partial charge < -0.3 is 4.42 Å². The maximum absolute atomic E-state index is 13.0. The van der Waals surface area contributed by atoms with Crippen LogP contribution in [0.25, 0.3) is 31.7 Å². The van der Waals surface area contributed by atoms with Crippen molar-refractivity contribution >= 4 is 62.0 Å². The Morgan fingerprint density at radius 3 is 2.75 bits per heavy atom. The molecule has 4 rings (SSSR count). The molecule has 24 heavy (non-hydrogen) atoms. The van der Waals surface area contributed by atoms with Gasteiger partial charge in [-0.2, -0.15) is 0 Å². The van der Waals surface area contributed by atoms with E-state index in [1.807, 2.05) is 25.1 Å². The standard InChI is InChI=1S/C18H11ClO3S2/c1-9-17-15(16(21)10-4-2-3-5-12(10)22-17)18(23-9)14-7-6-13(24-14)11(20)8-19/h2-7H,8H2,1H3. The molecular weight excluding hydrogens is 364 g/mol. The van der Waals surface area contributed by atoms with E-state index in [4.69, 9.17) is 16.0 Å². The van der Waals surface area contributed by atoms with Crippen LogP contribution in [0.3, 0.4) is 0 Å². The summed E-state index contributed by atoms with van der Waals surface area (Å²) >= 11 is 8.49. The third-order valence-corrected chi connectivity index (χ3v) is 6.46. The summed E-state index contributed by atoms with van der Waals surface area (Å²) in [4.78, 5) is 28.0. The van der Waals surface area contributed by atoms with Crippen LogP contribution in [0, 0.1) is 6.92 Å². The Bertz CT molecular complexity index is 1150. The Hall–Kier alpha value is -1.95. The van der Waals surface area contributed by atoms with E-state index >= 15 is 0 Å². The van der Waals surface area contributed by atoms with Crippen molar-refractivity contribution in [2.45, 2.75) is 6.92 Å². The monoisotopic (exact) mass is 374 g/mol. The van der Waals surface area contributed by atoms with Crippen LogP contribution in [-0.2, 0) is 0 Å². The minimum atomic E-state index is -0.108. The number of thiophene rings is 2. The maximum Gasteiger partial charge on any atom is 0.202 e. The summed E-state index contributed by atoms with van der Waals surface area (Å²) < 4.78 is 5.96. The summed E-state index contributed by atoms with van der Waals surface area (Å²) in [5, 5.41) is 1.15. The summed E-state index contributed by atoms with van der Waals surface area (Å²) in [6.07, 6.45) is 0. The molecule has 0 bridgehead atoms. The zero-order chi connectivity index (χ0) is 16.8. The number of carbonyl (C=O) groups is 1. The molecule has 3 heterocycles. The molecule has 3 aromatic heterocycles. The highest BCUT2D eigenvalue weighted by atomic mass is 35.5. The zero-order valence-electron chi connectivity index (χ0n) is 12.6. The second-order valence-electron chi connectivity index (χ2n) is 5.34. The van der Waals surface area contributed by atoms with Crippen LogP contribution < -0.4 is 5.43 Å². The molecule has 6 heteroatoms. The van der Waals surface area contributed by atoms with Crippen molar-refractivity contribution in [1.29, 1.82) is 0 Å². The number of Topliss-reactive ketones (excluding diaryl/α,β-unsaturated/α-hetero) is 1. The maximum atomic E-state index is 13.0. The van der Waals surface area contributed by atoms with Crippen LogP contribution in [0.1, 0.15) is 14.5 Å². The number of halogens is 1. The summed E-state index contributed by atoms with van der Waals surface area (Å²) in [7, 11) is 0. The van der Waals surface area contributed by atoms with Gasteiger partial charge in [-0.3, -0.25) is 9.59 Å². The van der Waals surface area contributed by atoms with E-state index in [2.05, 4.69) is 0 Å². The van der Waals surface area contributed by atoms with Crippen LogP contribution >= 0.6 is 34.3 Å². The molecule has 1 aromatic carbocycles. The van der Waals surface area contributed by atoms with Crippen LogP contribution in [0.2, 0.25) is 0 Å². The largest absolute Gasteiger partial charge is 0.455 e. The number of hydrogen-bond donors (Lipinski definition) is 0. The van der Waals surface area contributed by atoms with E-state index in [9.17, 15) is 9.59 Å². The quantitative estimate of drug-likeness (QED) is 0.353. The van der Waals surface area contributed by atoms with Crippen LogP contribution in [0.4, 0.5) is 0 Å². The van der Waals surface area contributed by atoms with Gasteiger partial charge in [-0.25, -0.2) is 0 Å². The highest BCUT2D eigenvalue weighted by molar-refractivity contribution is 7.24. The van der Waals surface area contributed by atoms with Crippen molar-refractivity contribution in [1.82, 2.24) is 0 Å². The molecule has 0 fully saturated rings. The molecule has 0 saturated carbocycles. The fourth-order valence-corrected chi connectivity index (χ4v) is 5.06. The van der Waals surface area contributed by atoms with E-state index in [-0.39, 0.29) is 17.1 Å². The Labute approximate surface area is 150 Å². The lowest BCUT2D eigenvalue weighted by molar-refractivity contribution is 0.102. The van der Waals surface area contributed by atoms with Gasteiger partial charge in [-0.05, 0) is 31.2 Å². The van der Waals surface area contributed by atoms with Gasteiger partial charge >= 0.3 is 0 Å². The first-order valence-electron chi connectivity index (χ1n) is 7.24. The number of fused-ring (bicyclic) bond motifs is 2. The van der Waals surface area contributed by atoms with Crippen LogP contribution in [-0.4, -0.2) is 11.7 Å². The normalized spacial score (nSPS) is 11.4. The van der Waals surface area contributed by atoms with Crippen molar-refractivity contribution in [3.63, 3.8) is 0 Å². The molecule has 0 amide bonds. The Morgan fingerprint density at radius 1 is 1.17 bits per heavy atom. The van der Waals surface area contributed by atoms with Crippen LogP contribution in [0.5, 0.6) is 0 Å². The Kier molecular flexibility index (Phi) is 3.79. The van der Waals surface area contributed by atoms with Crippen LogP contribution in [0.15, 0.2) is 45.6 Å². The average molecular weight is 375 g/mol. The summed E-state index contributed by atoms with van der Waals surface area (Å²) in [5.41, 5.74) is 1.17. The second-order valence-corrected chi connectivity index (χ2v) is 7.92. The third kappa shape index (κ3) is 2.32. The van der Waals surface area contributed by atoms with Gasteiger partial charge in [0, 0.05) is 9.75 Å². The molecule has 0 atom stereocenters. The summed E-state index contributed by atoms with van der Waals surface area (Å²) in [5.74, 6) is -0.153. The minimum Gasteiger partial charge on any atom is -0.455 e. The van der Waals surface area contributed by atoms with Gasteiger partial charge in [-0.1, -0.05) is 12.1 Å². The van der Waals surface area contributed by atoms with Crippen molar-refractivity contribution in [3.05, 3.63) is 56.4 Å². The molecule has 120 valence electrons. The molecular formula is C18H11ClO3S2. The van der Waals surface area contributed by atoms with Gasteiger partial charge in [0.25, 0.3) is 0 Å². The minimum absolute atomic E-state index is 0.0372. The van der Waals surface area contributed by atoms with Gasteiger partial charge in [0.05, 0.1) is 26.4 Å². The highest BCUT2D eigenvalue weighted by Crippen LogP contribution is 2.41.